The van der Waals surface area contributed by atoms with Gasteiger partial charge in [0, 0.05) is 134 Å². The molecule has 2 fully saturated rings. The van der Waals surface area contributed by atoms with E-state index in [4.69, 9.17) is 18.9 Å². The molecule has 0 unspecified atom stereocenters. The molecule has 128 heavy (non-hydrogen) atoms. The molecule has 2 saturated heterocycles. The first-order valence-corrected chi connectivity index (χ1v) is 47.9. The number of anilines is 2. The number of ether oxygens (including phenoxy) is 4. The Balaban J connectivity index is 0.000000454. The highest BCUT2D eigenvalue weighted by Crippen LogP contribution is 2.36. The fraction of sp³-hybridized carbons (Fsp3) is 0.676. The number of Topliss-reactive ketones (excluding diaryl/α,β-unsaturated/α-hetero) is 4. The summed E-state index contributed by atoms with van der Waals surface area (Å²) in [5.41, 5.74) is 5.51. The number of amides is 6. The van der Waals surface area contributed by atoms with Crippen LogP contribution in [0.4, 0.5) is 11.4 Å². The van der Waals surface area contributed by atoms with E-state index < -0.39 is 66.1 Å². The van der Waals surface area contributed by atoms with E-state index in [0.29, 0.717) is 68.8 Å². The second-order valence-corrected chi connectivity index (χ2v) is 39.2. The molecule has 716 valence electrons. The molecule has 6 amide bonds. The average Bonchev–Trinajstić information content (AvgIpc) is 1.58. The minimum atomic E-state index is -0.632. The third-order valence-electron chi connectivity index (χ3n) is 27.3. The zero-order valence-electron chi connectivity index (χ0n) is 83.6. The van der Waals surface area contributed by atoms with Crippen molar-refractivity contribution in [3.05, 3.63) is 131 Å². The van der Waals surface area contributed by atoms with Gasteiger partial charge < -0.3 is 54.5 Å². The quantitative estimate of drug-likeness (QED) is 0.0347. The number of hydrogen-bond donors (Lipinski definition) is 3. The van der Waals surface area contributed by atoms with Gasteiger partial charge in [-0.1, -0.05) is 215 Å². The number of ketones is 4. The van der Waals surface area contributed by atoms with E-state index in [1.165, 1.54) is 5.56 Å². The number of methoxy groups -OCH3 is 4. The molecule has 2 heterocycles. The number of benzene rings is 4. The third-order valence-corrected chi connectivity index (χ3v) is 27.3. The first-order valence-electron chi connectivity index (χ1n) is 47.9. The maximum absolute atomic E-state index is 14.6. The van der Waals surface area contributed by atoms with Crippen molar-refractivity contribution in [2.75, 3.05) is 94.4 Å². The molecule has 0 bridgehead atoms. The summed E-state index contributed by atoms with van der Waals surface area (Å²) in [6.07, 6.45) is 5.79. The minimum Gasteiger partial charge on any atom is -0.383 e. The van der Waals surface area contributed by atoms with Crippen molar-refractivity contribution in [3.63, 3.8) is 0 Å². The van der Waals surface area contributed by atoms with Crippen LogP contribution in [0.5, 0.6) is 0 Å². The highest BCUT2D eigenvalue weighted by atomic mass is 16.5. The van der Waals surface area contributed by atoms with Gasteiger partial charge in [-0.3, -0.25) is 57.7 Å². The lowest BCUT2D eigenvalue weighted by molar-refractivity contribution is -0.149. The van der Waals surface area contributed by atoms with Crippen molar-refractivity contribution < 1.29 is 66.9 Å². The van der Waals surface area contributed by atoms with Crippen LogP contribution in [0, 0.1) is 71.0 Å². The highest BCUT2D eigenvalue weighted by Gasteiger charge is 2.47. The Bertz CT molecular complexity index is 4030. The van der Waals surface area contributed by atoms with Crippen molar-refractivity contribution in [2.45, 2.75) is 307 Å². The number of carbonyl (C=O) groups is 10. The van der Waals surface area contributed by atoms with Crippen molar-refractivity contribution in [3.8, 4) is 0 Å². The van der Waals surface area contributed by atoms with Crippen molar-refractivity contribution in [1.82, 2.24) is 34.7 Å². The summed E-state index contributed by atoms with van der Waals surface area (Å²) in [4.78, 5) is 152. The number of likely N-dealkylation sites (N-methyl/N-ethyl adjacent to an activating group) is 4. The second kappa shape index (κ2) is 54.7. The van der Waals surface area contributed by atoms with Gasteiger partial charge in [-0.25, -0.2) is 0 Å². The molecule has 4 aromatic carbocycles. The predicted molar refractivity (Wildman–Crippen MR) is 515 cm³/mol. The van der Waals surface area contributed by atoms with Gasteiger partial charge >= 0.3 is 0 Å². The van der Waals surface area contributed by atoms with Gasteiger partial charge in [-0.2, -0.15) is 0 Å². The van der Waals surface area contributed by atoms with Gasteiger partial charge in [-0.05, 0) is 176 Å². The molecule has 2 aliphatic rings. The summed E-state index contributed by atoms with van der Waals surface area (Å²) in [5, 5.41) is 9.68. The van der Waals surface area contributed by atoms with E-state index in [1.54, 1.807) is 52.3 Å². The van der Waals surface area contributed by atoms with E-state index in [1.807, 2.05) is 226 Å². The molecule has 23 heteroatoms. The van der Waals surface area contributed by atoms with Crippen LogP contribution in [-0.4, -0.2) is 245 Å². The maximum atomic E-state index is 14.6. The summed E-state index contributed by atoms with van der Waals surface area (Å²) >= 11 is 0. The Labute approximate surface area is 770 Å². The summed E-state index contributed by atoms with van der Waals surface area (Å²) < 4.78 is 24.4. The van der Waals surface area contributed by atoms with Crippen molar-refractivity contribution in [2.24, 2.45) is 71.0 Å². The number of hydrogen-bond acceptors (Lipinski definition) is 17. The number of likely N-dealkylation sites (tertiary alicyclic amines) is 2. The van der Waals surface area contributed by atoms with Crippen LogP contribution in [0.15, 0.2) is 109 Å². The van der Waals surface area contributed by atoms with E-state index in [9.17, 15) is 47.9 Å². The number of carbonyl (C=O) groups excluding carboxylic acids is 10. The Morgan fingerprint density at radius 1 is 0.438 bits per heavy atom. The Hall–Kier alpha value is -8.06. The number of rotatable bonds is 54. The molecule has 23 nitrogen and oxygen atoms in total. The van der Waals surface area contributed by atoms with Crippen LogP contribution in [0.1, 0.15) is 242 Å². The molecular weight excluding hydrogens is 1610 g/mol. The van der Waals surface area contributed by atoms with E-state index >= 15 is 0 Å². The first-order chi connectivity index (χ1) is 60.5. The van der Waals surface area contributed by atoms with Crippen molar-refractivity contribution >= 4 is 70.0 Å². The molecule has 2 aliphatic heterocycles. The summed E-state index contributed by atoms with van der Waals surface area (Å²) in [5.74, 6) is -3.07. The number of nitrogens with zero attached hydrogens (tertiary/aromatic N) is 6. The lowest BCUT2D eigenvalue weighted by atomic mass is 9.82. The second-order valence-electron chi connectivity index (χ2n) is 39.2. The van der Waals surface area contributed by atoms with Gasteiger partial charge in [0.25, 0.3) is 0 Å². The molecule has 6 rings (SSSR count). The lowest BCUT2D eigenvalue weighted by Gasteiger charge is -2.41. The molecule has 0 saturated carbocycles. The molecule has 3 N–H and O–H groups in total. The van der Waals surface area contributed by atoms with Crippen LogP contribution < -0.4 is 16.0 Å². The van der Waals surface area contributed by atoms with Crippen molar-refractivity contribution in [1.29, 1.82) is 0 Å². The first kappa shape index (κ1) is 110. The lowest BCUT2D eigenvalue weighted by Crippen LogP contribution is -2.54. The topological polar surface area (TPSA) is 263 Å². The fourth-order valence-electron chi connectivity index (χ4n) is 19.8. The van der Waals surface area contributed by atoms with Gasteiger partial charge in [-0.15, -0.1) is 0 Å². The van der Waals surface area contributed by atoms with Gasteiger partial charge in [0.05, 0.1) is 79.4 Å². The summed E-state index contributed by atoms with van der Waals surface area (Å²) in [7, 11) is 17.6. The maximum Gasteiger partial charge on any atom is 0.228 e. The smallest absolute Gasteiger partial charge is 0.228 e. The Kier molecular flexibility index (Phi) is 47.2. The van der Waals surface area contributed by atoms with Crippen LogP contribution >= 0.6 is 0 Å². The average molecular weight is 1780 g/mol. The molecular formula is C105H167N9O14. The zero-order chi connectivity index (χ0) is 95.7. The predicted octanol–water partition coefficient (Wildman–Crippen LogP) is 16.7. The SMILES string of the molecule is CC[C@H](C)[C@@H]([C@@H](CC(=O)N1CCC[C@H]1[C@H](OC)[C@@H](C)C(=O)C[C@@H](Cc1ccccc1)C(=O)Nc1ccc(NC(C)C)cc1)OC)N(C)C(=O)[C@@H](CC(=O)[C@H](C(C)C)N(C)C)[C@@H](C)CC.CC[C@H](C)[C@@H]([C@@H](CC(=O)N1CCC[C@H]1[C@H](OC)[C@@H](C)C(=O)N[C@H](CCC(=O)c1ccc(CC(C)C)cc1)Cc1ccccc1)OC)N(C)C(=O)[C@@H](CC(=O)[C@H](C(C)C)N(C)C)C(C)C. The summed E-state index contributed by atoms with van der Waals surface area (Å²) in [6, 6.07) is 33.0. The molecule has 0 aromatic heterocycles. The summed E-state index contributed by atoms with van der Waals surface area (Å²) in [6.45, 7) is 37.7. The van der Waals surface area contributed by atoms with Crippen LogP contribution in [0.25, 0.3) is 0 Å². The van der Waals surface area contributed by atoms with Crippen LogP contribution in [0.2, 0.25) is 0 Å². The highest BCUT2D eigenvalue weighted by molar-refractivity contribution is 5.97. The number of nitrogens with one attached hydrogen (secondary N) is 3. The fourth-order valence-corrected chi connectivity index (χ4v) is 19.8. The third kappa shape index (κ3) is 32.4. The Morgan fingerprint density at radius 2 is 0.859 bits per heavy atom. The van der Waals surface area contributed by atoms with E-state index in [0.717, 1.165) is 55.3 Å². The molecule has 0 aliphatic carbocycles. The monoisotopic (exact) mass is 1780 g/mol. The Morgan fingerprint density at radius 3 is 1.27 bits per heavy atom. The largest absolute Gasteiger partial charge is 0.383 e. The zero-order valence-corrected chi connectivity index (χ0v) is 83.6. The molecule has 4 aromatic rings. The van der Waals surface area contributed by atoms with Gasteiger partial charge in [0.2, 0.25) is 35.4 Å². The van der Waals surface area contributed by atoms with Gasteiger partial charge in [0.1, 0.15) is 5.78 Å². The normalized spacial score (nSPS) is 18.3. The van der Waals surface area contributed by atoms with Gasteiger partial charge in [0.15, 0.2) is 17.3 Å². The molecule has 0 radical (unpaired) electrons. The molecule has 19 atom stereocenters. The molecule has 0 spiro atoms. The minimum absolute atomic E-state index is 0.000362. The van der Waals surface area contributed by atoms with Crippen LogP contribution in [-0.2, 0) is 81.4 Å². The van der Waals surface area contributed by atoms with E-state index in [2.05, 4.69) is 71.3 Å². The van der Waals surface area contributed by atoms with Crippen LogP contribution in [0.3, 0.4) is 0 Å². The standard InChI is InChI=1S/C53H84N4O7.C52H83N5O7/c1-15-37(8)50(56(12)53(62)43(35(4)5)32-46(59)49(36(6)7)55(10)11)47(63-13)33-48(60)57-29-19-22-44(57)51(64-14)38(9)52(61)54-42(31-39-20-17-16-18-21-39)27-28-45(58)41-25-23-40(24-26-41)30-34(2)3;1-15-35(7)42(31-45(59)48(33(3)4)55(10)11)52(62)56(12)49(36(8)16-2)46(63-13)32-47(60)57-28-20-23-43(57)50(64-14)37(9)44(58)30-39(29-38-21-18-17-19-22-38)51(61)54-41-26-24-40(25-27-41)53-34(5)6/h16-18,20-21,23-26,34-38,42-44,47,49-51H,15,19,22,27-33H2,1-14H3,(H,54,61);17-19,21-22,24-27,33-37,39,42-43,46,48-50,53H,15-16,20,23,28-32H2,1-14H3,(H,54,61)/t37-,38+,42+,43-,44-,47+,49-,50-,51+;35-,36-,37-,39+,42-,43-,46+,48-,49-,50+/m00/s1. The van der Waals surface area contributed by atoms with E-state index in [-0.39, 0.29) is 162 Å².